The number of piperidine rings is 1. The van der Waals surface area contributed by atoms with E-state index in [4.69, 9.17) is 10.5 Å². The van der Waals surface area contributed by atoms with Gasteiger partial charge in [0.25, 0.3) is 0 Å². The summed E-state index contributed by atoms with van der Waals surface area (Å²) < 4.78 is 26.2. The van der Waals surface area contributed by atoms with Crippen LogP contribution in [0.3, 0.4) is 0 Å². The summed E-state index contributed by atoms with van der Waals surface area (Å²) in [6, 6.07) is 9.25. The minimum Gasteiger partial charge on any atom is -0.207 e. The van der Waals surface area contributed by atoms with Gasteiger partial charge in [-0.25, -0.2) is 8.42 Å². The number of hydrogen-bond donors (Lipinski definition) is 0. The Morgan fingerprint density at radius 1 is 1.26 bits per heavy atom. The lowest BCUT2D eigenvalue weighted by Gasteiger charge is -2.30. The fourth-order valence-electron chi connectivity index (χ4n) is 2.18. The second-order valence-electron chi connectivity index (χ2n) is 4.40. The van der Waals surface area contributed by atoms with Crippen molar-refractivity contribution in [2.24, 2.45) is 0 Å². The van der Waals surface area contributed by atoms with Gasteiger partial charge in [-0.2, -0.15) is 14.8 Å². The summed E-state index contributed by atoms with van der Waals surface area (Å²) in [5, 5.41) is 17.9. The molecule has 1 saturated heterocycles. The first kappa shape index (κ1) is 13.5. The molecule has 2 rings (SSSR count). The summed E-state index contributed by atoms with van der Waals surface area (Å²) in [5.74, 6) is 0. The predicted molar refractivity (Wildman–Crippen MR) is 68.3 cm³/mol. The molecule has 1 unspecified atom stereocenters. The SMILES string of the molecule is N#Cc1cccc(S(=O)(=O)N2CCCCC2C#N)c1. The summed E-state index contributed by atoms with van der Waals surface area (Å²) in [4.78, 5) is 0.0775. The maximum absolute atomic E-state index is 12.5. The van der Waals surface area contributed by atoms with Gasteiger partial charge in [-0.05, 0) is 37.5 Å². The second-order valence-corrected chi connectivity index (χ2v) is 6.29. The van der Waals surface area contributed by atoms with Gasteiger partial charge in [0.1, 0.15) is 6.04 Å². The molecule has 0 saturated carbocycles. The van der Waals surface area contributed by atoms with E-state index in [1.165, 1.54) is 22.5 Å². The third-order valence-corrected chi connectivity index (χ3v) is 5.08. The van der Waals surface area contributed by atoms with Crippen molar-refractivity contribution >= 4 is 10.0 Å². The third kappa shape index (κ3) is 2.60. The standard InChI is InChI=1S/C13H13N3O2S/c14-9-11-4-3-6-13(8-11)19(17,18)16-7-2-1-5-12(16)10-15/h3-4,6,8,12H,1-2,5,7H2. The van der Waals surface area contributed by atoms with Gasteiger partial charge in [0.15, 0.2) is 0 Å². The van der Waals surface area contributed by atoms with Crippen LogP contribution in [0.2, 0.25) is 0 Å². The van der Waals surface area contributed by atoms with Crippen molar-refractivity contribution in [3.05, 3.63) is 29.8 Å². The Balaban J connectivity index is 2.41. The molecule has 1 heterocycles. The summed E-state index contributed by atoms with van der Waals surface area (Å²) >= 11 is 0. The normalized spacial score (nSPS) is 20.4. The molecule has 1 fully saturated rings. The minimum absolute atomic E-state index is 0.0775. The number of nitrogens with zero attached hydrogens (tertiary/aromatic N) is 3. The summed E-state index contributed by atoms with van der Waals surface area (Å²) in [6.45, 7) is 0.358. The van der Waals surface area contributed by atoms with Crippen molar-refractivity contribution in [2.45, 2.75) is 30.2 Å². The molecule has 6 heteroatoms. The molecule has 0 amide bonds. The highest BCUT2D eigenvalue weighted by Crippen LogP contribution is 2.25. The zero-order valence-corrected chi connectivity index (χ0v) is 11.1. The molecule has 0 aromatic heterocycles. The van der Waals surface area contributed by atoms with Crippen LogP contribution in [-0.4, -0.2) is 25.3 Å². The molecule has 1 aliphatic rings. The molecule has 0 spiro atoms. The van der Waals surface area contributed by atoms with Gasteiger partial charge < -0.3 is 0 Å². The Kier molecular flexibility index (Phi) is 3.84. The fourth-order valence-corrected chi connectivity index (χ4v) is 3.84. The topological polar surface area (TPSA) is 85.0 Å². The Hall–Kier alpha value is -1.89. The van der Waals surface area contributed by atoms with Gasteiger partial charge in [-0.1, -0.05) is 6.07 Å². The van der Waals surface area contributed by atoms with E-state index in [-0.39, 0.29) is 4.90 Å². The summed E-state index contributed by atoms with van der Waals surface area (Å²) in [6.07, 6.45) is 2.19. The number of sulfonamides is 1. The minimum atomic E-state index is -3.70. The highest BCUT2D eigenvalue weighted by molar-refractivity contribution is 7.89. The Labute approximate surface area is 112 Å². The average Bonchev–Trinajstić information content (AvgIpc) is 2.47. The van der Waals surface area contributed by atoms with E-state index in [9.17, 15) is 8.42 Å². The van der Waals surface area contributed by atoms with Crippen LogP contribution in [0.25, 0.3) is 0 Å². The average molecular weight is 275 g/mol. The van der Waals surface area contributed by atoms with Crippen molar-refractivity contribution in [2.75, 3.05) is 6.54 Å². The highest BCUT2D eigenvalue weighted by Gasteiger charge is 2.33. The van der Waals surface area contributed by atoms with Crippen LogP contribution < -0.4 is 0 Å². The monoisotopic (exact) mass is 275 g/mol. The molecule has 1 aliphatic heterocycles. The molecule has 1 aromatic carbocycles. The predicted octanol–water partition coefficient (Wildman–Crippen LogP) is 1.63. The fraction of sp³-hybridized carbons (Fsp3) is 0.385. The maximum atomic E-state index is 12.5. The van der Waals surface area contributed by atoms with Gasteiger partial charge in [0.05, 0.1) is 22.6 Å². The maximum Gasteiger partial charge on any atom is 0.244 e. The van der Waals surface area contributed by atoms with Crippen LogP contribution in [0, 0.1) is 22.7 Å². The van der Waals surface area contributed by atoms with Crippen LogP contribution in [0.5, 0.6) is 0 Å². The molecule has 5 nitrogen and oxygen atoms in total. The molecule has 0 aliphatic carbocycles. The lowest BCUT2D eigenvalue weighted by atomic mass is 10.1. The largest absolute Gasteiger partial charge is 0.244 e. The zero-order chi connectivity index (χ0) is 13.9. The lowest BCUT2D eigenvalue weighted by molar-refractivity contribution is 0.297. The van der Waals surface area contributed by atoms with E-state index in [1.54, 1.807) is 6.07 Å². The van der Waals surface area contributed by atoms with Crippen molar-refractivity contribution in [3.63, 3.8) is 0 Å². The molecule has 1 atom stereocenters. The summed E-state index contributed by atoms with van der Waals surface area (Å²) in [7, 11) is -3.70. The molecular formula is C13H13N3O2S. The van der Waals surface area contributed by atoms with Crippen molar-refractivity contribution in [1.82, 2.24) is 4.31 Å². The molecule has 19 heavy (non-hydrogen) atoms. The van der Waals surface area contributed by atoms with E-state index < -0.39 is 16.1 Å². The zero-order valence-electron chi connectivity index (χ0n) is 10.3. The number of benzene rings is 1. The second kappa shape index (κ2) is 5.40. The molecule has 98 valence electrons. The van der Waals surface area contributed by atoms with Crippen LogP contribution in [0.4, 0.5) is 0 Å². The van der Waals surface area contributed by atoms with E-state index in [0.717, 1.165) is 12.8 Å². The Morgan fingerprint density at radius 2 is 2.05 bits per heavy atom. The Bertz CT molecular complexity index is 655. The smallest absolute Gasteiger partial charge is 0.207 e. The molecule has 0 radical (unpaired) electrons. The van der Waals surface area contributed by atoms with Gasteiger partial charge in [0, 0.05) is 6.54 Å². The van der Waals surface area contributed by atoms with Gasteiger partial charge in [-0.15, -0.1) is 0 Å². The van der Waals surface area contributed by atoms with Gasteiger partial charge in [-0.3, -0.25) is 0 Å². The number of hydrogen-bond acceptors (Lipinski definition) is 4. The van der Waals surface area contributed by atoms with Crippen molar-refractivity contribution < 1.29 is 8.42 Å². The van der Waals surface area contributed by atoms with Crippen molar-refractivity contribution in [3.8, 4) is 12.1 Å². The van der Waals surface area contributed by atoms with Gasteiger partial charge >= 0.3 is 0 Å². The Morgan fingerprint density at radius 3 is 2.74 bits per heavy atom. The third-order valence-electron chi connectivity index (χ3n) is 3.17. The highest BCUT2D eigenvalue weighted by atomic mass is 32.2. The van der Waals surface area contributed by atoms with E-state index in [2.05, 4.69) is 0 Å². The lowest BCUT2D eigenvalue weighted by Crippen LogP contribution is -2.42. The van der Waals surface area contributed by atoms with E-state index in [1.807, 2.05) is 12.1 Å². The van der Waals surface area contributed by atoms with E-state index in [0.29, 0.717) is 18.5 Å². The van der Waals surface area contributed by atoms with Gasteiger partial charge in [0.2, 0.25) is 10.0 Å². The molecular weight excluding hydrogens is 262 g/mol. The quantitative estimate of drug-likeness (QED) is 0.821. The van der Waals surface area contributed by atoms with Crippen LogP contribution in [0.15, 0.2) is 29.2 Å². The summed E-state index contributed by atoms with van der Waals surface area (Å²) in [5.41, 5.74) is 0.298. The van der Waals surface area contributed by atoms with Crippen LogP contribution in [-0.2, 0) is 10.0 Å². The molecule has 0 N–H and O–H groups in total. The first-order chi connectivity index (χ1) is 9.09. The molecule has 1 aromatic rings. The molecule has 0 bridgehead atoms. The van der Waals surface area contributed by atoms with E-state index >= 15 is 0 Å². The van der Waals surface area contributed by atoms with Crippen LogP contribution >= 0.6 is 0 Å². The van der Waals surface area contributed by atoms with Crippen molar-refractivity contribution in [1.29, 1.82) is 10.5 Å². The first-order valence-electron chi connectivity index (χ1n) is 6.01. The number of rotatable bonds is 2. The van der Waals surface area contributed by atoms with Crippen LogP contribution in [0.1, 0.15) is 24.8 Å². The first-order valence-corrected chi connectivity index (χ1v) is 7.45. The number of nitriles is 2.